The number of nitrogens with one attached hydrogen (secondary N) is 3. The Morgan fingerprint density at radius 1 is 0.959 bits per heavy atom. The number of piperidine rings is 1. The van der Waals surface area contributed by atoms with Crippen molar-refractivity contribution >= 4 is 55.4 Å². The number of carbonyl (C=O) groups is 1. The molecule has 2 aliphatic carbocycles. The van der Waals surface area contributed by atoms with Gasteiger partial charge in [-0.3, -0.25) is 19.8 Å². The molecule has 3 aromatic carbocycles. The molecule has 73 heavy (non-hydrogen) atoms. The average Bonchev–Trinajstić information content (AvgIpc) is 3.83. The van der Waals surface area contributed by atoms with Gasteiger partial charge in [-0.2, -0.15) is 4.98 Å². The quantitative estimate of drug-likeness (QED) is 0.0597. The summed E-state index contributed by atoms with van der Waals surface area (Å²) in [6, 6.07) is 21.9. The van der Waals surface area contributed by atoms with Crippen molar-refractivity contribution in [3.63, 3.8) is 0 Å². The van der Waals surface area contributed by atoms with Gasteiger partial charge in [0.25, 0.3) is 21.6 Å². The lowest BCUT2D eigenvalue weighted by Gasteiger charge is -2.57. The SMILES string of the molecule is CC(C)(N)c1ccccc1[C@@H]1COCCN1C1CC2(CCN(c3ccc(C(=O)NS(=O)(=O)c4ccc(NC[C@H]5CC[C@](C)(O)CC5)c([N+](=O)[O-])c4)c(N4c5cc6cc[nH]c6nc5O[C@H]5COCC[C@@H]54)c3)CC2)C1. The van der Waals surface area contributed by atoms with Crippen LogP contribution in [0.15, 0.2) is 83.9 Å². The number of rotatable bonds is 12. The van der Waals surface area contributed by atoms with Crippen LogP contribution in [0.2, 0.25) is 0 Å². The number of carbonyl (C=O) groups excluding carboxylic acids is 1. The normalized spacial score (nSPS) is 25.6. The molecule has 11 rings (SSSR count). The van der Waals surface area contributed by atoms with Gasteiger partial charge in [-0.15, -0.1) is 0 Å². The first-order valence-corrected chi connectivity index (χ1v) is 27.4. The number of benzene rings is 3. The first kappa shape index (κ1) is 49.4. The number of hydrogen-bond donors (Lipinski definition) is 5. The molecule has 3 saturated heterocycles. The number of anilines is 4. The Bertz CT molecular complexity index is 3000. The predicted octanol–water partition coefficient (Wildman–Crippen LogP) is 7.65. The number of aromatic amines is 1. The number of sulfonamides is 1. The minimum atomic E-state index is -4.63. The van der Waals surface area contributed by atoms with E-state index in [9.17, 15) is 28.4 Å². The van der Waals surface area contributed by atoms with E-state index in [-0.39, 0.29) is 34.7 Å². The highest BCUT2D eigenvalue weighted by atomic mass is 32.2. The van der Waals surface area contributed by atoms with Crippen molar-refractivity contribution < 1.29 is 37.5 Å². The number of ether oxygens (including phenoxy) is 3. The minimum absolute atomic E-state index is 0.105. The van der Waals surface area contributed by atoms with Crippen molar-refractivity contribution in [2.75, 3.05) is 67.7 Å². The summed E-state index contributed by atoms with van der Waals surface area (Å²) in [4.78, 5) is 41.2. The van der Waals surface area contributed by atoms with Crippen LogP contribution in [0.5, 0.6) is 5.88 Å². The van der Waals surface area contributed by atoms with Crippen molar-refractivity contribution in [2.24, 2.45) is 17.1 Å². The molecule has 0 radical (unpaired) electrons. The maximum atomic E-state index is 14.7. The average molecular weight is 1020 g/mol. The number of nitro benzene ring substituents is 1. The van der Waals surface area contributed by atoms with Crippen LogP contribution in [0.25, 0.3) is 11.0 Å². The monoisotopic (exact) mass is 1020 g/mol. The lowest BCUT2D eigenvalue weighted by molar-refractivity contribution is -0.384. The third kappa shape index (κ3) is 9.75. The molecule has 6 N–H and O–H groups in total. The van der Waals surface area contributed by atoms with E-state index in [4.69, 9.17) is 24.9 Å². The highest BCUT2D eigenvalue weighted by Crippen LogP contribution is 2.54. The molecular formula is C54H67N9O9S. The van der Waals surface area contributed by atoms with Crippen molar-refractivity contribution in [3.8, 4) is 5.88 Å². The van der Waals surface area contributed by atoms with Gasteiger partial charge < -0.3 is 45.2 Å². The minimum Gasteiger partial charge on any atom is -0.468 e. The summed E-state index contributed by atoms with van der Waals surface area (Å²) in [6.45, 7) is 11.0. The number of nitro groups is 1. The molecule has 3 atom stereocenters. The van der Waals surface area contributed by atoms with E-state index in [1.54, 1.807) is 12.3 Å². The number of nitrogens with zero attached hydrogens (tertiary/aromatic N) is 5. The van der Waals surface area contributed by atoms with Gasteiger partial charge in [0.15, 0.2) is 0 Å². The predicted molar refractivity (Wildman–Crippen MR) is 278 cm³/mol. The highest BCUT2D eigenvalue weighted by Gasteiger charge is 2.50. The zero-order valence-electron chi connectivity index (χ0n) is 41.8. The molecule has 2 saturated carbocycles. The third-order valence-electron chi connectivity index (χ3n) is 16.7. The van der Waals surface area contributed by atoms with Crippen LogP contribution in [0.4, 0.5) is 28.4 Å². The molecule has 18 nitrogen and oxygen atoms in total. The summed E-state index contributed by atoms with van der Waals surface area (Å²) in [5.41, 5.74) is 10.6. The van der Waals surface area contributed by atoms with Crippen LogP contribution in [0, 0.1) is 21.4 Å². The Kier molecular flexibility index (Phi) is 12.9. The van der Waals surface area contributed by atoms with Gasteiger partial charge in [-0.25, -0.2) is 13.1 Å². The molecule has 1 amide bonds. The van der Waals surface area contributed by atoms with E-state index < -0.39 is 48.7 Å². The second-order valence-electron chi connectivity index (χ2n) is 22.3. The summed E-state index contributed by atoms with van der Waals surface area (Å²) in [7, 11) is -4.63. The van der Waals surface area contributed by atoms with Gasteiger partial charge in [0.05, 0.1) is 58.6 Å². The Morgan fingerprint density at radius 2 is 1.73 bits per heavy atom. The summed E-state index contributed by atoms with van der Waals surface area (Å²) in [5, 5.41) is 26.8. The maximum absolute atomic E-state index is 14.7. The first-order chi connectivity index (χ1) is 34.9. The summed E-state index contributed by atoms with van der Waals surface area (Å²) >= 11 is 0. The van der Waals surface area contributed by atoms with Gasteiger partial charge in [-0.05, 0) is 143 Å². The fraction of sp³-hybridized carbons (Fsp3) is 0.519. The largest absolute Gasteiger partial charge is 0.468 e. The number of morpholine rings is 1. The van der Waals surface area contributed by atoms with E-state index in [0.717, 1.165) is 80.9 Å². The second-order valence-corrected chi connectivity index (χ2v) is 23.9. The van der Waals surface area contributed by atoms with Crippen LogP contribution in [0.3, 0.4) is 0 Å². The molecule has 5 aromatic rings. The van der Waals surface area contributed by atoms with Crippen LogP contribution in [-0.2, 0) is 25.0 Å². The molecule has 2 aromatic heterocycles. The smallest absolute Gasteiger partial charge is 0.293 e. The van der Waals surface area contributed by atoms with Gasteiger partial charge in [0.2, 0.25) is 5.88 Å². The highest BCUT2D eigenvalue weighted by molar-refractivity contribution is 7.90. The molecule has 6 heterocycles. The van der Waals surface area contributed by atoms with Crippen molar-refractivity contribution in [2.45, 2.75) is 119 Å². The maximum Gasteiger partial charge on any atom is 0.293 e. The number of nitrogens with two attached hydrogens (primary N) is 1. The van der Waals surface area contributed by atoms with E-state index in [0.29, 0.717) is 81.2 Å². The van der Waals surface area contributed by atoms with Gasteiger partial charge in [0, 0.05) is 67.7 Å². The van der Waals surface area contributed by atoms with Crippen LogP contribution >= 0.6 is 0 Å². The lowest BCUT2D eigenvalue weighted by atomic mass is 9.59. The Balaban J connectivity index is 0.863. The molecule has 0 unspecified atom stereocenters. The van der Waals surface area contributed by atoms with Crippen LogP contribution in [-0.4, -0.2) is 116 Å². The van der Waals surface area contributed by atoms with E-state index >= 15 is 0 Å². The number of H-pyrrole nitrogens is 1. The Morgan fingerprint density at radius 3 is 2.49 bits per heavy atom. The van der Waals surface area contributed by atoms with Gasteiger partial charge in [0.1, 0.15) is 23.1 Å². The van der Waals surface area contributed by atoms with Crippen LogP contribution in [0.1, 0.15) is 106 Å². The molecule has 4 aliphatic heterocycles. The topological polar surface area (TPSA) is 231 Å². The second kappa shape index (κ2) is 19.1. The number of fused-ring (bicyclic) bond motifs is 3. The number of amides is 1. The van der Waals surface area contributed by atoms with Crippen molar-refractivity contribution in [3.05, 3.63) is 106 Å². The molecular weight excluding hydrogens is 951 g/mol. The molecule has 1 spiro atoms. The number of aliphatic hydroxyl groups is 1. The Labute approximate surface area is 426 Å². The number of aromatic nitrogens is 2. The van der Waals surface area contributed by atoms with Crippen molar-refractivity contribution in [1.82, 2.24) is 19.6 Å². The van der Waals surface area contributed by atoms with E-state index in [2.05, 4.69) is 67.8 Å². The number of hydrogen-bond acceptors (Lipinski definition) is 15. The molecule has 6 aliphatic rings. The standard InChI is InChI=1S/C54H67N9O9S/c1-52(2,55)41-7-5-4-6-39(41)47-32-71-25-23-61(47)37-29-54(30-37)18-21-60(22-19-54)36-8-10-40(44(27-36)62-43-15-24-70-33-48(43)72-51-46(62)26-35-14-20-56-49(35)58-51)50(64)59-73(68,69)38-9-11-42(45(28-38)63(66)67)57-31-34-12-16-53(3,65)17-13-34/h4-11,14,20,26-28,34,37,43,47-48,57,65H,12-13,15-19,21-25,29-33,55H2,1-3H3,(H,56,58)(H,59,64)/t34-,43-,47-,48-,53-/m0/s1. The molecule has 0 bridgehead atoms. The fourth-order valence-electron chi connectivity index (χ4n) is 12.6. The summed E-state index contributed by atoms with van der Waals surface area (Å²) in [6.07, 6.45) is 8.93. The van der Waals surface area contributed by atoms with E-state index in [1.807, 2.05) is 31.2 Å². The van der Waals surface area contributed by atoms with Gasteiger partial charge in [-0.1, -0.05) is 24.3 Å². The summed E-state index contributed by atoms with van der Waals surface area (Å²) < 4.78 is 49.2. The third-order valence-corrected chi connectivity index (χ3v) is 18.1. The van der Waals surface area contributed by atoms with E-state index in [1.165, 1.54) is 17.7 Å². The van der Waals surface area contributed by atoms with Gasteiger partial charge >= 0.3 is 0 Å². The number of pyridine rings is 1. The molecule has 19 heteroatoms. The van der Waals surface area contributed by atoms with Crippen LogP contribution < -0.4 is 30.3 Å². The zero-order valence-corrected chi connectivity index (χ0v) is 42.7. The Hall–Kier alpha value is -5.83. The molecule has 388 valence electrons. The fourth-order valence-corrected chi connectivity index (χ4v) is 13.5. The zero-order chi connectivity index (χ0) is 50.9. The first-order valence-electron chi connectivity index (χ1n) is 25.9. The van der Waals surface area contributed by atoms with Crippen molar-refractivity contribution in [1.29, 1.82) is 0 Å². The summed E-state index contributed by atoms with van der Waals surface area (Å²) in [5.74, 6) is -0.331. The lowest BCUT2D eigenvalue weighted by Crippen LogP contribution is -2.58. The molecule has 5 fully saturated rings.